The van der Waals surface area contributed by atoms with E-state index in [0.29, 0.717) is 13.0 Å². The molecule has 1 aromatic rings. The van der Waals surface area contributed by atoms with Gasteiger partial charge in [0.1, 0.15) is 0 Å². The number of benzene rings is 1. The summed E-state index contributed by atoms with van der Waals surface area (Å²) in [5.74, 6) is 0. The first-order valence-corrected chi connectivity index (χ1v) is 6.69. The minimum Gasteiger partial charge on any atom is -0.449 e. The van der Waals surface area contributed by atoms with Crippen LogP contribution in [-0.4, -0.2) is 30.5 Å². The van der Waals surface area contributed by atoms with Crippen molar-refractivity contribution in [2.45, 2.75) is 39.7 Å². The summed E-state index contributed by atoms with van der Waals surface area (Å²) >= 11 is 0. The van der Waals surface area contributed by atoms with Crippen molar-refractivity contribution in [3.05, 3.63) is 28.8 Å². The number of ether oxygens (including phenoxy) is 1. The predicted octanol–water partition coefficient (Wildman–Crippen LogP) is 2.71. The van der Waals surface area contributed by atoms with Crippen LogP contribution in [0.5, 0.6) is 0 Å². The number of nitrogens with zero attached hydrogens (tertiary/aromatic N) is 1. The standard InChI is InChI=1S/C15H21NO3/c1-10-8-11(2)14(12(3)9-10)16-13(4-6-17)5-7-19-15(16)18/h8-9,13,17H,4-7H2,1-3H3. The Kier molecular flexibility index (Phi) is 4.10. The molecule has 0 radical (unpaired) electrons. The zero-order valence-corrected chi connectivity index (χ0v) is 11.8. The molecule has 104 valence electrons. The Morgan fingerprint density at radius 2 is 1.95 bits per heavy atom. The number of anilines is 1. The average Bonchev–Trinajstić information content (AvgIpc) is 2.31. The van der Waals surface area contributed by atoms with Crippen molar-refractivity contribution < 1.29 is 14.6 Å². The Hall–Kier alpha value is -1.55. The van der Waals surface area contributed by atoms with Crippen LogP contribution in [0.2, 0.25) is 0 Å². The van der Waals surface area contributed by atoms with Crippen LogP contribution >= 0.6 is 0 Å². The van der Waals surface area contributed by atoms with E-state index in [9.17, 15) is 9.90 Å². The molecular weight excluding hydrogens is 242 g/mol. The smallest absolute Gasteiger partial charge is 0.414 e. The number of aryl methyl sites for hydroxylation is 3. The second-order valence-corrected chi connectivity index (χ2v) is 5.19. The molecule has 2 rings (SSSR count). The van der Waals surface area contributed by atoms with Crippen LogP contribution in [0.15, 0.2) is 12.1 Å². The van der Waals surface area contributed by atoms with Gasteiger partial charge in [-0.1, -0.05) is 17.7 Å². The molecule has 1 amide bonds. The second-order valence-electron chi connectivity index (χ2n) is 5.19. The molecule has 0 saturated carbocycles. The summed E-state index contributed by atoms with van der Waals surface area (Å²) < 4.78 is 5.17. The van der Waals surface area contributed by atoms with Gasteiger partial charge in [-0.3, -0.25) is 4.90 Å². The van der Waals surface area contributed by atoms with E-state index in [4.69, 9.17) is 4.74 Å². The van der Waals surface area contributed by atoms with E-state index in [1.807, 2.05) is 20.8 Å². The first-order valence-electron chi connectivity index (χ1n) is 6.69. The maximum absolute atomic E-state index is 12.1. The summed E-state index contributed by atoms with van der Waals surface area (Å²) in [6.45, 7) is 6.58. The SMILES string of the molecule is Cc1cc(C)c(N2C(=O)OCCC2CCO)c(C)c1. The van der Waals surface area contributed by atoms with Gasteiger partial charge in [-0.05, 0) is 38.3 Å². The van der Waals surface area contributed by atoms with E-state index in [-0.39, 0.29) is 18.7 Å². The first-order chi connectivity index (χ1) is 9.04. The Morgan fingerprint density at radius 3 is 2.53 bits per heavy atom. The Bertz CT molecular complexity index is 459. The molecule has 19 heavy (non-hydrogen) atoms. The van der Waals surface area contributed by atoms with Gasteiger partial charge in [0.15, 0.2) is 0 Å². The summed E-state index contributed by atoms with van der Waals surface area (Å²) in [6.07, 6.45) is 1.04. The number of carbonyl (C=O) groups is 1. The van der Waals surface area contributed by atoms with Crippen LogP contribution in [0.3, 0.4) is 0 Å². The highest BCUT2D eigenvalue weighted by Gasteiger charge is 2.32. The molecule has 1 heterocycles. The van der Waals surface area contributed by atoms with E-state index in [2.05, 4.69) is 12.1 Å². The lowest BCUT2D eigenvalue weighted by Crippen LogP contribution is -2.47. The third kappa shape index (κ3) is 2.73. The average molecular weight is 263 g/mol. The van der Waals surface area contributed by atoms with E-state index in [1.165, 1.54) is 5.56 Å². The van der Waals surface area contributed by atoms with Gasteiger partial charge in [0.25, 0.3) is 0 Å². The Labute approximate surface area is 114 Å². The number of rotatable bonds is 3. The van der Waals surface area contributed by atoms with Crippen molar-refractivity contribution in [1.29, 1.82) is 0 Å². The topological polar surface area (TPSA) is 49.8 Å². The first kappa shape index (κ1) is 13.9. The van der Waals surface area contributed by atoms with Crippen LogP contribution in [0.1, 0.15) is 29.5 Å². The fourth-order valence-corrected chi connectivity index (χ4v) is 2.88. The van der Waals surface area contributed by atoms with Crippen molar-refractivity contribution in [2.24, 2.45) is 0 Å². The normalized spacial score (nSPS) is 19.5. The molecule has 1 aliphatic heterocycles. The van der Waals surface area contributed by atoms with Gasteiger partial charge in [0.2, 0.25) is 0 Å². The number of aliphatic hydroxyl groups is 1. The fraction of sp³-hybridized carbons (Fsp3) is 0.533. The van der Waals surface area contributed by atoms with Gasteiger partial charge in [-0.25, -0.2) is 4.79 Å². The van der Waals surface area contributed by atoms with Crippen molar-refractivity contribution in [1.82, 2.24) is 0 Å². The third-order valence-corrected chi connectivity index (χ3v) is 3.58. The lowest BCUT2D eigenvalue weighted by atomic mass is 10.0. The molecule has 1 aliphatic rings. The van der Waals surface area contributed by atoms with E-state index < -0.39 is 0 Å². The minimum atomic E-state index is -0.306. The summed E-state index contributed by atoms with van der Waals surface area (Å²) in [5, 5.41) is 9.17. The van der Waals surface area contributed by atoms with E-state index in [0.717, 1.165) is 23.2 Å². The highest BCUT2D eigenvalue weighted by atomic mass is 16.6. The predicted molar refractivity (Wildman–Crippen MR) is 74.6 cm³/mol. The van der Waals surface area contributed by atoms with Gasteiger partial charge >= 0.3 is 6.09 Å². The molecular formula is C15H21NO3. The third-order valence-electron chi connectivity index (χ3n) is 3.58. The van der Waals surface area contributed by atoms with E-state index in [1.54, 1.807) is 4.90 Å². The highest BCUT2D eigenvalue weighted by molar-refractivity contribution is 5.91. The molecule has 0 spiro atoms. The lowest BCUT2D eigenvalue weighted by Gasteiger charge is -2.36. The second kappa shape index (κ2) is 5.61. The largest absolute Gasteiger partial charge is 0.449 e. The van der Waals surface area contributed by atoms with Gasteiger partial charge in [0.05, 0.1) is 12.3 Å². The Balaban J connectivity index is 2.44. The Morgan fingerprint density at radius 1 is 1.32 bits per heavy atom. The van der Waals surface area contributed by atoms with Crippen molar-refractivity contribution in [2.75, 3.05) is 18.1 Å². The number of hydrogen-bond donors (Lipinski definition) is 1. The molecule has 1 aromatic carbocycles. The zero-order valence-electron chi connectivity index (χ0n) is 11.8. The van der Waals surface area contributed by atoms with Gasteiger partial charge < -0.3 is 9.84 Å². The number of aliphatic hydroxyl groups excluding tert-OH is 1. The highest BCUT2D eigenvalue weighted by Crippen LogP contribution is 2.32. The number of cyclic esters (lactones) is 1. The zero-order chi connectivity index (χ0) is 14.0. The molecule has 1 N–H and O–H groups in total. The minimum absolute atomic E-state index is 0.0198. The summed E-state index contributed by atoms with van der Waals surface area (Å²) in [7, 11) is 0. The summed E-state index contributed by atoms with van der Waals surface area (Å²) in [4.78, 5) is 13.8. The quantitative estimate of drug-likeness (QED) is 0.912. The van der Waals surface area contributed by atoms with Crippen molar-refractivity contribution >= 4 is 11.8 Å². The van der Waals surface area contributed by atoms with Crippen LogP contribution < -0.4 is 4.90 Å². The van der Waals surface area contributed by atoms with Crippen LogP contribution in [-0.2, 0) is 4.74 Å². The number of carbonyl (C=O) groups excluding carboxylic acids is 1. The van der Waals surface area contributed by atoms with Crippen LogP contribution in [0.4, 0.5) is 10.5 Å². The number of hydrogen-bond acceptors (Lipinski definition) is 3. The molecule has 0 bridgehead atoms. The summed E-state index contributed by atoms with van der Waals surface area (Å²) in [5.41, 5.74) is 4.25. The van der Waals surface area contributed by atoms with Crippen LogP contribution in [0, 0.1) is 20.8 Å². The van der Waals surface area contributed by atoms with Crippen molar-refractivity contribution in [3.63, 3.8) is 0 Å². The molecule has 1 fully saturated rings. The maximum atomic E-state index is 12.1. The fourth-order valence-electron chi connectivity index (χ4n) is 2.88. The molecule has 0 aromatic heterocycles. The molecule has 1 saturated heterocycles. The van der Waals surface area contributed by atoms with Crippen molar-refractivity contribution in [3.8, 4) is 0 Å². The molecule has 0 aliphatic carbocycles. The molecule has 1 atom stereocenters. The van der Waals surface area contributed by atoms with Crippen LogP contribution in [0.25, 0.3) is 0 Å². The van der Waals surface area contributed by atoms with E-state index >= 15 is 0 Å². The monoisotopic (exact) mass is 263 g/mol. The van der Waals surface area contributed by atoms with Gasteiger partial charge in [-0.15, -0.1) is 0 Å². The molecule has 1 unspecified atom stereocenters. The summed E-state index contributed by atoms with van der Waals surface area (Å²) in [6, 6.07) is 4.16. The van der Waals surface area contributed by atoms with Gasteiger partial charge in [-0.2, -0.15) is 0 Å². The number of amides is 1. The lowest BCUT2D eigenvalue weighted by molar-refractivity contribution is 0.124. The van der Waals surface area contributed by atoms with Gasteiger partial charge in [0, 0.05) is 19.1 Å². The molecule has 4 heteroatoms. The maximum Gasteiger partial charge on any atom is 0.414 e. The molecule has 4 nitrogen and oxygen atoms in total.